The molecular weight excluding hydrogens is 600 g/mol. The number of benzene rings is 2. The zero-order valence-corrected chi connectivity index (χ0v) is 26.3. The van der Waals surface area contributed by atoms with Gasteiger partial charge in [-0.25, -0.2) is 0 Å². The number of amides is 2. The highest BCUT2D eigenvalue weighted by Crippen LogP contribution is 2.54. The van der Waals surface area contributed by atoms with Crippen LogP contribution in [0.4, 0.5) is 0 Å². The number of piperidine rings is 2. The number of nitrogens with one attached hydrogen (secondary N) is 1. The maximum atomic E-state index is 14.0. The van der Waals surface area contributed by atoms with E-state index in [1.165, 1.54) is 0 Å². The lowest BCUT2D eigenvalue weighted by Gasteiger charge is -2.56. The van der Waals surface area contributed by atoms with Gasteiger partial charge in [0.05, 0.1) is 16.1 Å². The summed E-state index contributed by atoms with van der Waals surface area (Å²) in [6, 6.07) is 10.6. The first kappa shape index (κ1) is 30.4. The summed E-state index contributed by atoms with van der Waals surface area (Å²) in [5, 5.41) is 5.27. The van der Waals surface area contributed by atoms with Gasteiger partial charge in [-0.1, -0.05) is 76.8 Å². The van der Waals surface area contributed by atoms with Gasteiger partial charge in [-0.3, -0.25) is 9.59 Å². The van der Waals surface area contributed by atoms with Crippen LogP contribution in [-0.4, -0.2) is 61.4 Å². The zero-order valence-electron chi connectivity index (χ0n) is 23.3. The van der Waals surface area contributed by atoms with E-state index < -0.39 is 0 Å². The minimum atomic E-state index is -0.176. The van der Waals surface area contributed by atoms with Crippen molar-refractivity contribution in [2.75, 3.05) is 33.7 Å². The Morgan fingerprint density at radius 3 is 2.39 bits per heavy atom. The second kappa shape index (κ2) is 12.7. The van der Waals surface area contributed by atoms with Crippen molar-refractivity contribution in [1.29, 1.82) is 0 Å². The molecule has 0 aromatic heterocycles. The van der Waals surface area contributed by atoms with Crippen LogP contribution in [0.2, 0.25) is 20.1 Å². The molecule has 3 aliphatic rings. The first-order valence-electron chi connectivity index (χ1n) is 14.1. The fourth-order valence-corrected chi connectivity index (χ4v) is 7.99. The van der Waals surface area contributed by atoms with Crippen LogP contribution in [0.15, 0.2) is 60.7 Å². The molecule has 2 saturated heterocycles. The number of likely N-dealkylation sites (tertiary alicyclic amines) is 1. The average Bonchev–Trinajstić information content (AvgIpc) is 2.96. The Balaban J connectivity index is 1.43. The van der Waals surface area contributed by atoms with Gasteiger partial charge in [0.25, 0.3) is 5.91 Å². The number of halogens is 4. The molecule has 9 heteroatoms. The van der Waals surface area contributed by atoms with Crippen molar-refractivity contribution in [3.05, 3.63) is 91.9 Å². The van der Waals surface area contributed by atoms with E-state index in [4.69, 9.17) is 46.4 Å². The molecular formula is C32H35Cl4N3O2. The van der Waals surface area contributed by atoms with Gasteiger partial charge in [-0.15, -0.1) is 0 Å². The summed E-state index contributed by atoms with van der Waals surface area (Å²) >= 11 is 25.1. The van der Waals surface area contributed by atoms with Gasteiger partial charge >= 0.3 is 0 Å². The van der Waals surface area contributed by atoms with Crippen LogP contribution in [0.5, 0.6) is 0 Å². The van der Waals surface area contributed by atoms with Gasteiger partial charge in [0.1, 0.15) is 0 Å². The zero-order chi connectivity index (χ0) is 29.3. The van der Waals surface area contributed by atoms with Crippen LogP contribution in [0.3, 0.4) is 0 Å². The van der Waals surface area contributed by atoms with Gasteiger partial charge in [0.15, 0.2) is 0 Å². The summed E-state index contributed by atoms with van der Waals surface area (Å²) in [5.41, 5.74) is 1.30. The predicted octanol–water partition coefficient (Wildman–Crippen LogP) is 7.51. The lowest BCUT2D eigenvalue weighted by atomic mass is 9.55. The van der Waals surface area contributed by atoms with Crippen molar-refractivity contribution in [1.82, 2.24) is 15.1 Å². The van der Waals surface area contributed by atoms with E-state index >= 15 is 0 Å². The number of hydrogen-bond donors (Lipinski definition) is 1. The van der Waals surface area contributed by atoms with Crippen LogP contribution in [-0.2, 0) is 4.79 Å². The summed E-state index contributed by atoms with van der Waals surface area (Å²) in [4.78, 5) is 31.0. The molecule has 2 fully saturated rings. The molecule has 1 aliphatic carbocycles. The molecule has 1 spiro atoms. The van der Waals surface area contributed by atoms with Crippen molar-refractivity contribution in [2.45, 2.75) is 37.6 Å². The van der Waals surface area contributed by atoms with Gasteiger partial charge in [0.2, 0.25) is 5.91 Å². The van der Waals surface area contributed by atoms with Crippen molar-refractivity contribution in [3.63, 3.8) is 0 Å². The molecule has 5 nitrogen and oxygen atoms in total. The highest BCUT2D eigenvalue weighted by Gasteiger charge is 2.55. The summed E-state index contributed by atoms with van der Waals surface area (Å²) in [6.07, 6.45) is 12.0. The number of likely N-dealkylation sites (N-methyl/N-ethyl adjacent to an activating group) is 2. The Morgan fingerprint density at radius 2 is 1.71 bits per heavy atom. The van der Waals surface area contributed by atoms with Gasteiger partial charge in [0, 0.05) is 54.0 Å². The minimum Gasteiger partial charge on any atom is -0.341 e. The molecule has 0 bridgehead atoms. The monoisotopic (exact) mass is 633 g/mol. The molecule has 2 heterocycles. The first-order valence-corrected chi connectivity index (χ1v) is 15.6. The Labute approximate surface area is 262 Å². The van der Waals surface area contributed by atoms with Gasteiger partial charge in [-0.05, 0) is 80.1 Å². The standard InChI is InChI=1S/C32H35Cl4N3O2/c1-38(30(40)22-15-23(33)18-24(34)16-22)19-21(20-8-10-27(35)28(36)17-20)7-9-26-31(41)39(2)29-6-4-3-5-25(29)32(26)11-13-37-14-12-32/h3-6,8,10,15-18,21,25-26,29,37H,7,9,11-14,19H2,1-2H3/t21-,25?,26?,29?/m1/s1. The highest BCUT2D eigenvalue weighted by molar-refractivity contribution is 6.42. The highest BCUT2D eigenvalue weighted by atomic mass is 35.5. The second-order valence-electron chi connectivity index (χ2n) is 11.6. The smallest absolute Gasteiger partial charge is 0.253 e. The molecule has 41 heavy (non-hydrogen) atoms. The Kier molecular flexibility index (Phi) is 9.42. The maximum absolute atomic E-state index is 14.0. The van der Waals surface area contributed by atoms with Crippen molar-refractivity contribution < 1.29 is 9.59 Å². The van der Waals surface area contributed by atoms with E-state index in [1.54, 1.807) is 36.2 Å². The Bertz CT molecular complexity index is 1350. The number of carbonyl (C=O) groups excluding carboxylic acids is 2. The number of nitrogens with zero attached hydrogens (tertiary/aromatic N) is 2. The molecule has 2 aromatic carbocycles. The maximum Gasteiger partial charge on any atom is 0.253 e. The normalized spacial score (nSPS) is 23.9. The average molecular weight is 635 g/mol. The van der Waals surface area contributed by atoms with E-state index in [9.17, 15) is 9.59 Å². The number of carbonyl (C=O) groups is 2. The van der Waals surface area contributed by atoms with Crippen LogP contribution in [0.25, 0.3) is 0 Å². The van der Waals surface area contributed by atoms with Crippen LogP contribution in [0.1, 0.15) is 47.5 Å². The molecule has 218 valence electrons. The molecule has 5 rings (SSSR count). The number of allylic oxidation sites excluding steroid dienone is 2. The molecule has 4 atom stereocenters. The fraction of sp³-hybridized carbons (Fsp3) is 0.438. The molecule has 0 saturated carbocycles. The SMILES string of the molecule is CN(C[C@@H](CCC1C(=O)N(C)C2C=CC=CC2C12CCNCC2)c1ccc(Cl)c(Cl)c1)C(=O)c1cc(Cl)cc(Cl)c1. The molecule has 1 N–H and O–H groups in total. The third kappa shape index (κ3) is 6.21. The molecule has 2 amide bonds. The summed E-state index contributed by atoms with van der Waals surface area (Å²) in [5.74, 6) is 0.126. The van der Waals surface area contributed by atoms with Crippen molar-refractivity contribution in [3.8, 4) is 0 Å². The predicted molar refractivity (Wildman–Crippen MR) is 168 cm³/mol. The first-order chi connectivity index (χ1) is 19.6. The Morgan fingerprint density at radius 1 is 1.02 bits per heavy atom. The van der Waals surface area contributed by atoms with Crippen LogP contribution >= 0.6 is 46.4 Å². The van der Waals surface area contributed by atoms with E-state index in [1.807, 2.05) is 24.1 Å². The summed E-state index contributed by atoms with van der Waals surface area (Å²) < 4.78 is 0. The van der Waals surface area contributed by atoms with Crippen LogP contribution in [0, 0.1) is 17.3 Å². The van der Waals surface area contributed by atoms with E-state index in [0.717, 1.165) is 31.5 Å². The molecule has 2 aliphatic heterocycles. The topological polar surface area (TPSA) is 52.7 Å². The summed E-state index contributed by atoms with van der Waals surface area (Å²) in [6.45, 7) is 2.24. The summed E-state index contributed by atoms with van der Waals surface area (Å²) in [7, 11) is 3.71. The number of rotatable bonds is 7. The lowest BCUT2D eigenvalue weighted by molar-refractivity contribution is -0.155. The van der Waals surface area contributed by atoms with E-state index in [-0.39, 0.29) is 41.0 Å². The van der Waals surface area contributed by atoms with Crippen molar-refractivity contribution >= 4 is 58.2 Å². The Hall–Kier alpha value is -2.02. The van der Waals surface area contributed by atoms with Gasteiger partial charge in [-0.2, -0.15) is 0 Å². The molecule has 2 aromatic rings. The third-order valence-corrected chi connectivity index (χ3v) is 10.4. The van der Waals surface area contributed by atoms with Crippen molar-refractivity contribution in [2.24, 2.45) is 17.3 Å². The largest absolute Gasteiger partial charge is 0.341 e. The fourth-order valence-electron chi connectivity index (χ4n) is 7.16. The number of fused-ring (bicyclic) bond motifs is 2. The quantitative estimate of drug-likeness (QED) is 0.343. The van der Waals surface area contributed by atoms with Crippen LogP contribution < -0.4 is 5.32 Å². The van der Waals surface area contributed by atoms with E-state index in [0.29, 0.717) is 45.0 Å². The number of hydrogen-bond acceptors (Lipinski definition) is 3. The third-order valence-electron chi connectivity index (χ3n) is 9.26. The molecule has 0 radical (unpaired) electrons. The lowest BCUT2D eigenvalue weighted by Crippen LogP contribution is -2.62. The van der Waals surface area contributed by atoms with E-state index in [2.05, 4.69) is 29.6 Å². The second-order valence-corrected chi connectivity index (χ2v) is 13.2. The minimum absolute atomic E-state index is 0.0650. The molecule has 3 unspecified atom stereocenters. The van der Waals surface area contributed by atoms with Gasteiger partial charge < -0.3 is 15.1 Å².